The Hall–Kier alpha value is -3.20. The fraction of sp³-hybridized carbons (Fsp3) is 0.455. The first kappa shape index (κ1) is 21.0. The van der Waals surface area contributed by atoms with Crippen LogP contribution in [0.2, 0.25) is 0 Å². The van der Waals surface area contributed by atoms with Gasteiger partial charge in [0.25, 0.3) is 0 Å². The number of aryl methyl sites for hydroxylation is 3. The highest BCUT2D eigenvalue weighted by Gasteiger charge is 2.16. The van der Waals surface area contributed by atoms with Crippen LogP contribution in [0.25, 0.3) is 17.4 Å². The number of aromatic nitrogens is 4. The number of carbonyl (C=O) groups is 1. The summed E-state index contributed by atoms with van der Waals surface area (Å²) in [5, 5.41) is 7.21. The maximum absolute atomic E-state index is 12.4. The monoisotopic (exact) mass is 424 g/mol. The molecule has 9 nitrogen and oxygen atoms in total. The number of anilines is 1. The molecule has 4 heterocycles. The fourth-order valence-corrected chi connectivity index (χ4v) is 3.72. The predicted octanol–water partition coefficient (Wildman–Crippen LogP) is 3.88. The highest BCUT2D eigenvalue weighted by Crippen LogP contribution is 2.23. The largest absolute Gasteiger partial charge is 0.458 e. The molecule has 1 aliphatic rings. The molecular weight excluding hydrogens is 396 g/mol. The molecule has 4 rings (SSSR count). The third-order valence-corrected chi connectivity index (χ3v) is 5.22. The normalized spacial score (nSPS) is 14.5. The van der Waals surface area contributed by atoms with Gasteiger partial charge >= 0.3 is 6.09 Å². The Morgan fingerprint density at radius 2 is 1.94 bits per heavy atom. The van der Waals surface area contributed by atoms with E-state index in [0.29, 0.717) is 29.8 Å². The van der Waals surface area contributed by atoms with Gasteiger partial charge in [0, 0.05) is 18.3 Å². The van der Waals surface area contributed by atoms with Crippen molar-refractivity contribution in [1.82, 2.24) is 24.6 Å². The van der Waals surface area contributed by atoms with Gasteiger partial charge < -0.3 is 9.15 Å². The molecule has 3 aromatic rings. The number of carbonyl (C=O) groups excluding carboxylic acids is 1. The van der Waals surface area contributed by atoms with Crippen LogP contribution in [0.4, 0.5) is 10.6 Å². The summed E-state index contributed by atoms with van der Waals surface area (Å²) in [5.74, 6) is 2.49. The third kappa shape index (κ3) is 5.29. The topological polar surface area (TPSA) is 98.3 Å². The average molecular weight is 425 g/mol. The quantitative estimate of drug-likeness (QED) is 0.641. The van der Waals surface area contributed by atoms with Crippen molar-refractivity contribution in [3.05, 3.63) is 41.4 Å². The first-order valence-electron chi connectivity index (χ1n) is 10.6. The van der Waals surface area contributed by atoms with Gasteiger partial charge in [-0.05, 0) is 64.9 Å². The van der Waals surface area contributed by atoms with Crippen molar-refractivity contribution in [1.29, 1.82) is 0 Å². The Morgan fingerprint density at radius 1 is 1.13 bits per heavy atom. The van der Waals surface area contributed by atoms with Gasteiger partial charge in [-0.25, -0.2) is 19.4 Å². The van der Waals surface area contributed by atoms with Crippen LogP contribution in [0, 0.1) is 20.8 Å². The minimum absolute atomic E-state index is 0.324. The zero-order valence-electron chi connectivity index (χ0n) is 18.2. The van der Waals surface area contributed by atoms with Crippen LogP contribution in [0.3, 0.4) is 0 Å². The molecule has 0 aromatic carbocycles. The number of piperidine rings is 1. The van der Waals surface area contributed by atoms with Gasteiger partial charge in [0.1, 0.15) is 18.2 Å². The Bertz CT molecular complexity index is 1050. The molecule has 31 heavy (non-hydrogen) atoms. The van der Waals surface area contributed by atoms with Crippen molar-refractivity contribution in [3.8, 4) is 17.4 Å². The fourth-order valence-electron chi connectivity index (χ4n) is 3.72. The van der Waals surface area contributed by atoms with Gasteiger partial charge in [-0.3, -0.25) is 10.2 Å². The van der Waals surface area contributed by atoms with E-state index in [9.17, 15) is 4.79 Å². The number of nitrogens with one attached hydrogen (secondary N) is 1. The predicted molar refractivity (Wildman–Crippen MR) is 116 cm³/mol. The molecule has 1 N–H and O–H groups in total. The van der Waals surface area contributed by atoms with Crippen molar-refractivity contribution < 1.29 is 13.9 Å². The van der Waals surface area contributed by atoms with E-state index in [4.69, 9.17) is 9.15 Å². The molecule has 0 saturated carbocycles. The van der Waals surface area contributed by atoms with Crippen LogP contribution < -0.4 is 5.32 Å². The highest BCUT2D eigenvalue weighted by molar-refractivity contribution is 5.83. The molecule has 0 radical (unpaired) electrons. The smallest absolute Gasteiger partial charge is 0.412 e. The highest BCUT2D eigenvalue weighted by atomic mass is 16.5. The Morgan fingerprint density at radius 3 is 2.61 bits per heavy atom. The zero-order valence-corrected chi connectivity index (χ0v) is 18.2. The molecule has 164 valence electrons. The molecule has 1 aliphatic heterocycles. The first-order chi connectivity index (χ1) is 15.0. The lowest BCUT2D eigenvalue weighted by molar-refractivity contribution is 0.131. The van der Waals surface area contributed by atoms with Crippen molar-refractivity contribution in [3.63, 3.8) is 0 Å². The van der Waals surface area contributed by atoms with E-state index < -0.39 is 6.09 Å². The number of likely N-dealkylation sites (tertiary alicyclic amines) is 1. The lowest BCUT2D eigenvalue weighted by Crippen LogP contribution is -2.33. The molecule has 0 aliphatic carbocycles. The van der Waals surface area contributed by atoms with Gasteiger partial charge in [0.2, 0.25) is 0 Å². The standard InChI is InChI=1S/C22H28N6O3/c1-15-13-16(2)28(26-15)20-14-19(23-21(25-20)18-8-7-17(3)31-18)24-22(29)30-12-11-27-9-5-4-6-10-27/h7-8,13-14H,4-6,9-12H2,1-3H3,(H,23,24,25,29). The van der Waals surface area contributed by atoms with Crippen LogP contribution in [0.15, 0.2) is 28.7 Å². The van der Waals surface area contributed by atoms with Gasteiger partial charge in [0.05, 0.1) is 5.69 Å². The molecule has 1 saturated heterocycles. The van der Waals surface area contributed by atoms with Crippen molar-refractivity contribution in [2.45, 2.75) is 40.0 Å². The SMILES string of the molecule is Cc1cc(C)n(-c2cc(NC(=O)OCCN3CCCCC3)nc(-c3ccc(C)o3)n2)n1. The minimum Gasteiger partial charge on any atom is -0.458 e. The molecule has 0 spiro atoms. The maximum atomic E-state index is 12.4. The lowest BCUT2D eigenvalue weighted by atomic mass is 10.1. The number of ether oxygens (including phenoxy) is 1. The van der Waals surface area contributed by atoms with Crippen molar-refractivity contribution >= 4 is 11.9 Å². The van der Waals surface area contributed by atoms with Crippen LogP contribution in [0.5, 0.6) is 0 Å². The van der Waals surface area contributed by atoms with Crippen LogP contribution in [-0.4, -0.2) is 57.0 Å². The van der Waals surface area contributed by atoms with Gasteiger partial charge in [-0.2, -0.15) is 5.10 Å². The Kier molecular flexibility index (Phi) is 6.31. The number of amides is 1. The second-order valence-corrected chi connectivity index (χ2v) is 7.85. The number of furan rings is 1. The molecule has 0 unspecified atom stereocenters. The number of rotatable bonds is 6. The lowest BCUT2D eigenvalue weighted by Gasteiger charge is -2.25. The van der Waals surface area contributed by atoms with E-state index >= 15 is 0 Å². The Labute approximate surface area is 181 Å². The zero-order chi connectivity index (χ0) is 21.8. The molecule has 9 heteroatoms. The Balaban J connectivity index is 1.51. The summed E-state index contributed by atoms with van der Waals surface area (Å²) >= 11 is 0. The van der Waals surface area contributed by atoms with Gasteiger partial charge in [-0.1, -0.05) is 6.42 Å². The molecular formula is C22H28N6O3. The second kappa shape index (κ2) is 9.30. The summed E-state index contributed by atoms with van der Waals surface area (Å²) in [6.45, 7) is 8.93. The summed E-state index contributed by atoms with van der Waals surface area (Å²) < 4.78 is 12.8. The summed E-state index contributed by atoms with van der Waals surface area (Å²) in [4.78, 5) is 23.7. The molecule has 0 bridgehead atoms. The third-order valence-electron chi connectivity index (χ3n) is 5.22. The van der Waals surface area contributed by atoms with E-state index in [2.05, 4.69) is 25.3 Å². The number of hydrogen-bond donors (Lipinski definition) is 1. The molecule has 1 amide bonds. The van der Waals surface area contributed by atoms with E-state index in [1.807, 2.05) is 32.9 Å². The van der Waals surface area contributed by atoms with E-state index in [-0.39, 0.29) is 0 Å². The van der Waals surface area contributed by atoms with Crippen molar-refractivity contribution in [2.24, 2.45) is 0 Å². The average Bonchev–Trinajstić information content (AvgIpc) is 3.33. The van der Waals surface area contributed by atoms with E-state index in [0.717, 1.165) is 36.8 Å². The van der Waals surface area contributed by atoms with Crippen LogP contribution in [0.1, 0.15) is 36.4 Å². The van der Waals surface area contributed by atoms with E-state index in [1.165, 1.54) is 19.3 Å². The van der Waals surface area contributed by atoms with Crippen molar-refractivity contribution in [2.75, 3.05) is 31.6 Å². The minimum atomic E-state index is -0.545. The van der Waals surface area contributed by atoms with Gasteiger partial charge in [-0.15, -0.1) is 0 Å². The molecule has 3 aromatic heterocycles. The number of hydrogen-bond acceptors (Lipinski definition) is 7. The van der Waals surface area contributed by atoms with Crippen LogP contribution in [-0.2, 0) is 4.74 Å². The summed E-state index contributed by atoms with van der Waals surface area (Å²) in [6, 6.07) is 7.28. The second-order valence-electron chi connectivity index (χ2n) is 7.85. The number of nitrogens with zero attached hydrogens (tertiary/aromatic N) is 5. The van der Waals surface area contributed by atoms with E-state index in [1.54, 1.807) is 16.8 Å². The van der Waals surface area contributed by atoms with Crippen LogP contribution >= 0.6 is 0 Å². The van der Waals surface area contributed by atoms with Gasteiger partial charge in [0.15, 0.2) is 17.4 Å². The summed E-state index contributed by atoms with van der Waals surface area (Å²) in [7, 11) is 0. The summed E-state index contributed by atoms with van der Waals surface area (Å²) in [5.41, 5.74) is 1.80. The molecule has 1 fully saturated rings. The first-order valence-corrected chi connectivity index (χ1v) is 10.6. The summed E-state index contributed by atoms with van der Waals surface area (Å²) in [6.07, 6.45) is 3.14. The maximum Gasteiger partial charge on any atom is 0.412 e. The molecule has 0 atom stereocenters.